The van der Waals surface area contributed by atoms with E-state index in [-0.39, 0.29) is 31.7 Å². The van der Waals surface area contributed by atoms with Crippen LogP contribution in [-0.4, -0.2) is 57.1 Å². The molecular formula is C25H29N3O6. The number of aliphatic hydroxyl groups is 1. The lowest BCUT2D eigenvalue weighted by atomic mass is 9.95. The molecule has 9 nitrogen and oxygen atoms in total. The minimum atomic E-state index is -1.54. The molecule has 1 aromatic heterocycles. The van der Waals surface area contributed by atoms with Crippen LogP contribution in [0.4, 0.5) is 0 Å². The monoisotopic (exact) mass is 467 g/mol. The highest BCUT2D eigenvalue weighted by Crippen LogP contribution is 2.28. The van der Waals surface area contributed by atoms with Gasteiger partial charge >= 0.3 is 5.97 Å². The molecule has 2 amide bonds. The molecule has 0 aliphatic carbocycles. The van der Waals surface area contributed by atoms with E-state index in [0.717, 1.165) is 16.7 Å². The van der Waals surface area contributed by atoms with Crippen molar-refractivity contribution in [2.24, 2.45) is 0 Å². The highest BCUT2D eigenvalue weighted by molar-refractivity contribution is 6.19. The van der Waals surface area contributed by atoms with Crippen LogP contribution in [0.1, 0.15) is 38.7 Å². The molecule has 2 heterocycles. The molecule has 3 rings (SSSR count). The number of hydrogen-bond acceptors (Lipinski definition) is 6. The van der Waals surface area contributed by atoms with Gasteiger partial charge in [0.2, 0.25) is 5.88 Å². The van der Waals surface area contributed by atoms with Gasteiger partial charge in [0.15, 0.2) is 0 Å². The Balaban J connectivity index is 1.75. The highest BCUT2D eigenvalue weighted by Gasteiger charge is 2.39. The Morgan fingerprint density at radius 3 is 2.56 bits per heavy atom. The third kappa shape index (κ3) is 5.19. The number of aliphatic hydroxyl groups excluding tert-OH is 1. The first kappa shape index (κ1) is 24.8. The zero-order valence-electron chi connectivity index (χ0n) is 19.5. The van der Waals surface area contributed by atoms with Crippen molar-refractivity contribution in [3.8, 4) is 17.0 Å². The number of pyridine rings is 1. The van der Waals surface area contributed by atoms with Crippen molar-refractivity contribution in [2.45, 2.75) is 45.2 Å². The van der Waals surface area contributed by atoms with Crippen LogP contribution in [0.5, 0.6) is 5.88 Å². The summed E-state index contributed by atoms with van der Waals surface area (Å²) >= 11 is 0. The maximum atomic E-state index is 13.0. The number of carbonyl (C=O) groups excluding carboxylic acids is 2. The first-order chi connectivity index (χ1) is 16.2. The Kier molecular flexibility index (Phi) is 7.55. The lowest BCUT2D eigenvalue weighted by Crippen LogP contribution is -2.54. The second kappa shape index (κ2) is 10.4. The van der Waals surface area contributed by atoms with E-state index in [4.69, 9.17) is 4.74 Å². The molecule has 3 N–H and O–H groups in total. The van der Waals surface area contributed by atoms with Gasteiger partial charge < -0.3 is 25.2 Å². The van der Waals surface area contributed by atoms with Crippen LogP contribution in [0, 0.1) is 0 Å². The molecule has 0 saturated carbocycles. The molecule has 1 aliphatic rings. The summed E-state index contributed by atoms with van der Waals surface area (Å²) in [6, 6.07) is 11.3. The van der Waals surface area contributed by atoms with Crippen molar-refractivity contribution >= 4 is 17.8 Å². The molecule has 1 unspecified atom stereocenters. The Morgan fingerprint density at radius 2 is 1.94 bits per heavy atom. The van der Waals surface area contributed by atoms with Crippen molar-refractivity contribution < 1.29 is 29.3 Å². The molecule has 0 saturated heterocycles. The molecular weight excluding hydrogens is 438 g/mol. The summed E-state index contributed by atoms with van der Waals surface area (Å²) in [5.74, 6) is -2.54. The van der Waals surface area contributed by atoms with Crippen LogP contribution in [0.2, 0.25) is 0 Å². The lowest BCUT2D eigenvalue weighted by Gasteiger charge is -2.31. The molecule has 0 spiro atoms. The minimum absolute atomic E-state index is 0.108. The second-order valence-electron chi connectivity index (χ2n) is 8.40. The molecule has 1 aromatic carbocycles. The predicted molar refractivity (Wildman–Crippen MR) is 125 cm³/mol. The fraction of sp³-hybridized carbons (Fsp3) is 0.360. The molecule has 180 valence electrons. The summed E-state index contributed by atoms with van der Waals surface area (Å²) in [5, 5.41) is 22.2. The Morgan fingerprint density at radius 1 is 1.24 bits per heavy atom. The van der Waals surface area contributed by atoms with E-state index in [1.54, 1.807) is 20.2 Å². The molecule has 0 radical (unpaired) electrons. The first-order valence-electron chi connectivity index (χ1n) is 11.1. The number of amides is 2. The maximum absolute atomic E-state index is 13.0. The molecule has 2 aromatic rings. The molecule has 9 heteroatoms. The number of carboxylic acid groups (broad SMARTS) is 1. The predicted octanol–water partition coefficient (Wildman–Crippen LogP) is 3.06. The van der Waals surface area contributed by atoms with Gasteiger partial charge in [-0.25, -0.2) is 9.78 Å². The van der Waals surface area contributed by atoms with Gasteiger partial charge in [0.25, 0.3) is 11.8 Å². The summed E-state index contributed by atoms with van der Waals surface area (Å²) in [5.41, 5.74) is 0.630. The summed E-state index contributed by atoms with van der Waals surface area (Å²) in [6.45, 7) is 3.66. The number of ether oxygens (including phenoxy) is 1. The van der Waals surface area contributed by atoms with E-state index < -0.39 is 28.9 Å². The zero-order chi connectivity index (χ0) is 24.9. The van der Waals surface area contributed by atoms with Gasteiger partial charge in [-0.1, -0.05) is 37.6 Å². The summed E-state index contributed by atoms with van der Waals surface area (Å²) in [4.78, 5) is 43.2. The molecule has 1 atom stereocenters. The van der Waals surface area contributed by atoms with Crippen molar-refractivity contribution in [3.63, 3.8) is 0 Å². The van der Waals surface area contributed by atoms with Crippen LogP contribution < -0.4 is 10.1 Å². The van der Waals surface area contributed by atoms with Gasteiger partial charge in [0, 0.05) is 31.3 Å². The van der Waals surface area contributed by atoms with Crippen LogP contribution in [0.3, 0.4) is 0 Å². The van der Waals surface area contributed by atoms with Gasteiger partial charge in [0.05, 0.1) is 7.11 Å². The molecule has 1 aliphatic heterocycles. The van der Waals surface area contributed by atoms with Crippen molar-refractivity contribution in [1.82, 2.24) is 15.2 Å². The molecule has 34 heavy (non-hydrogen) atoms. The fourth-order valence-corrected chi connectivity index (χ4v) is 3.95. The normalized spacial score (nSPS) is 15.6. The van der Waals surface area contributed by atoms with Crippen molar-refractivity contribution in [1.29, 1.82) is 0 Å². The maximum Gasteiger partial charge on any atom is 0.329 e. The summed E-state index contributed by atoms with van der Waals surface area (Å²) in [7, 11) is 1.56. The number of hydrogen-bond donors (Lipinski definition) is 3. The Labute approximate surface area is 198 Å². The van der Waals surface area contributed by atoms with Gasteiger partial charge in [-0.15, -0.1) is 0 Å². The number of aliphatic carboxylic acids is 1. The molecule has 0 bridgehead atoms. The second-order valence-corrected chi connectivity index (χ2v) is 8.40. The lowest BCUT2D eigenvalue weighted by molar-refractivity contribution is -0.147. The third-order valence-electron chi connectivity index (χ3n) is 5.85. The van der Waals surface area contributed by atoms with Crippen LogP contribution in [0.15, 0.2) is 53.9 Å². The average molecular weight is 468 g/mol. The third-order valence-corrected chi connectivity index (χ3v) is 5.85. The van der Waals surface area contributed by atoms with Crippen LogP contribution in [0.25, 0.3) is 11.1 Å². The van der Waals surface area contributed by atoms with E-state index in [9.17, 15) is 24.6 Å². The smallest absolute Gasteiger partial charge is 0.329 e. The Hall–Kier alpha value is -3.88. The van der Waals surface area contributed by atoms with E-state index in [1.165, 1.54) is 11.8 Å². The van der Waals surface area contributed by atoms with Gasteiger partial charge in [-0.2, -0.15) is 0 Å². The van der Waals surface area contributed by atoms with Crippen LogP contribution in [-0.2, 0) is 20.9 Å². The Bertz CT molecular complexity index is 1110. The number of rotatable bonds is 9. The SMILES string of the molecule is CCCC(C)(NC(=O)C1=C(O)CCN(Cc2ccc(-c3cccnc3OC)cc2)C1=O)C(=O)O. The van der Waals surface area contributed by atoms with E-state index >= 15 is 0 Å². The summed E-state index contributed by atoms with van der Waals surface area (Å²) < 4.78 is 5.31. The molecule has 0 fully saturated rings. The highest BCUT2D eigenvalue weighted by atomic mass is 16.5. The number of nitrogens with one attached hydrogen (secondary N) is 1. The topological polar surface area (TPSA) is 129 Å². The minimum Gasteiger partial charge on any atom is -0.511 e. The van der Waals surface area contributed by atoms with Crippen molar-refractivity contribution in [3.05, 3.63) is 59.5 Å². The van der Waals surface area contributed by atoms with E-state index in [0.29, 0.717) is 12.3 Å². The van der Waals surface area contributed by atoms with Gasteiger partial charge in [0.1, 0.15) is 16.9 Å². The largest absolute Gasteiger partial charge is 0.511 e. The van der Waals surface area contributed by atoms with Gasteiger partial charge in [-0.05, 0) is 36.6 Å². The standard InChI is InChI=1S/C25H29N3O6/c1-4-12-25(2,24(32)33)27-21(30)20-19(29)11-14-28(23(20)31)15-16-7-9-17(10-8-16)18-6-5-13-26-22(18)34-3/h5-10,13,29H,4,11-12,14-15H2,1-3H3,(H,27,30)(H,32,33). The number of carboxylic acids is 1. The van der Waals surface area contributed by atoms with Crippen LogP contribution >= 0.6 is 0 Å². The average Bonchev–Trinajstić information content (AvgIpc) is 2.81. The number of aromatic nitrogens is 1. The number of benzene rings is 1. The quantitative estimate of drug-likeness (QED) is 0.483. The summed E-state index contributed by atoms with van der Waals surface area (Å²) in [6.07, 6.45) is 2.47. The number of carbonyl (C=O) groups is 3. The van der Waals surface area contributed by atoms with E-state index in [1.807, 2.05) is 36.4 Å². The number of nitrogens with zero attached hydrogens (tertiary/aromatic N) is 2. The zero-order valence-corrected chi connectivity index (χ0v) is 19.5. The van der Waals surface area contributed by atoms with E-state index in [2.05, 4.69) is 10.3 Å². The number of methoxy groups -OCH3 is 1. The fourth-order valence-electron chi connectivity index (χ4n) is 3.95. The van der Waals surface area contributed by atoms with Crippen molar-refractivity contribution in [2.75, 3.05) is 13.7 Å². The van der Waals surface area contributed by atoms with Gasteiger partial charge in [-0.3, -0.25) is 9.59 Å². The first-order valence-corrected chi connectivity index (χ1v) is 11.1.